The van der Waals surface area contributed by atoms with Gasteiger partial charge in [-0.1, -0.05) is 49.1 Å². The average Bonchev–Trinajstić information content (AvgIpc) is 2.72. The number of quaternary nitrogens is 1. The lowest BCUT2D eigenvalue weighted by molar-refractivity contribution is -0.890. The summed E-state index contributed by atoms with van der Waals surface area (Å²) in [4.78, 5) is 10.1. The summed E-state index contributed by atoms with van der Waals surface area (Å²) in [6, 6.07) is 13.3. The summed E-state index contributed by atoms with van der Waals surface area (Å²) in [5.41, 5.74) is 2.08. The predicted octanol–water partition coefficient (Wildman–Crippen LogP) is 4.81. The van der Waals surface area contributed by atoms with Crippen molar-refractivity contribution in [3.63, 3.8) is 0 Å². The molecule has 0 bridgehead atoms. The molecule has 0 aliphatic rings. The fourth-order valence-corrected chi connectivity index (χ4v) is 3.26. The van der Waals surface area contributed by atoms with E-state index in [0.29, 0.717) is 10.8 Å². The van der Waals surface area contributed by atoms with E-state index in [0.717, 1.165) is 28.9 Å². The van der Waals surface area contributed by atoms with Crippen molar-refractivity contribution in [3.05, 3.63) is 58.6 Å². The molecule has 0 aromatic heterocycles. The number of aliphatic carboxylic acids is 1. The third-order valence-electron chi connectivity index (χ3n) is 5.09. The standard InChI is InChI=1S/C17H30NO.C9H9ClO3/c1-5-6-7-8-13-18(3,4)14-15-19-17-11-9-16(2)10-12-17;1-6-4-7(10)2-3-8(6)13-5-9(11)12/h9-12H,5-8,13-15H2,1-4H3;2-4H,5H2,1H3,(H,11,12)/q+1;/p-1. The van der Waals surface area contributed by atoms with Crippen LogP contribution in [0.1, 0.15) is 43.7 Å². The van der Waals surface area contributed by atoms with E-state index in [9.17, 15) is 9.90 Å². The molecule has 0 N–H and O–H groups in total. The third kappa shape index (κ3) is 12.6. The molecule has 0 amide bonds. The lowest BCUT2D eigenvalue weighted by atomic mass is 10.2. The van der Waals surface area contributed by atoms with Crippen molar-refractivity contribution in [1.82, 2.24) is 0 Å². The first-order chi connectivity index (χ1) is 15.1. The number of carboxylic acids is 1. The van der Waals surface area contributed by atoms with Gasteiger partial charge >= 0.3 is 0 Å². The van der Waals surface area contributed by atoms with Gasteiger partial charge in [0.1, 0.15) is 31.3 Å². The fourth-order valence-electron chi connectivity index (χ4n) is 3.03. The molecular weight excluding hydrogens is 426 g/mol. The average molecular weight is 464 g/mol. The van der Waals surface area contributed by atoms with Crippen molar-refractivity contribution >= 4 is 17.6 Å². The minimum atomic E-state index is -1.24. The molecule has 0 saturated heterocycles. The molecule has 0 heterocycles. The Hall–Kier alpha value is -2.24. The van der Waals surface area contributed by atoms with E-state index in [1.807, 2.05) is 0 Å². The summed E-state index contributed by atoms with van der Waals surface area (Å²) in [7, 11) is 4.59. The molecule has 6 heteroatoms. The van der Waals surface area contributed by atoms with Crippen LogP contribution in [0.15, 0.2) is 42.5 Å². The number of aryl methyl sites for hydroxylation is 2. The van der Waals surface area contributed by atoms with Crippen LogP contribution < -0.4 is 14.6 Å². The maximum Gasteiger partial charge on any atom is 0.137 e. The van der Waals surface area contributed by atoms with E-state index in [-0.39, 0.29) is 0 Å². The number of hydrogen-bond acceptors (Lipinski definition) is 4. The quantitative estimate of drug-likeness (QED) is 0.335. The molecule has 0 atom stereocenters. The zero-order valence-electron chi connectivity index (χ0n) is 20.2. The second-order valence-electron chi connectivity index (χ2n) is 8.68. The van der Waals surface area contributed by atoms with E-state index in [4.69, 9.17) is 21.1 Å². The van der Waals surface area contributed by atoms with Crippen molar-refractivity contribution in [2.24, 2.45) is 0 Å². The Balaban J connectivity index is 0.000000343. The first-order valence-electron chi connectivity index (χ1n) is 11.2. The van der Waals surface area contributed by atoms with E-state index < -0.39 is 12.6 Å². The highest BCUT2D eigenvalue weighted by molar-refractivity contribution is 6.30. The van der Waals surface area contributed by atoms with Crippen molar-refractivity contribution in [3.8, 4) is 11.5 Å². The number of carboxylic acid groups (broad SMARTS) is 1. The number of carbonyl (C=O) groups excluding carboxylic acids is 1. The maximum atomic E-state index is 10.1. The Morgan fingerprint density at radius 1 is 0.969 bits per heavy atom. The first-order valence-corrected chi connectivity index (χ1v) is 11.6. The first kappa shape index (κ1) is 27.8. The Kier molecular flexibility index (Phi) is 12.8. The second-order valence-corrected chi connectivity index (χ2v) is 9.11. The van der Waals surface area contributed by atoms with E-state index in [1.54, 1.807) is 25.1 Å². The predicted molar refractivity (Wildman–Crippen MR) is 129 cm³/mol. The summed E-state index contributed by atoms with van der Waals surface area (Å²) in [5.74, 6) is 0.250. The number of likely N-dealkylation sites (N-methyl/N-ethyl adjacent to an activating group) is 1. The molecular formula is C26H38ClNO4. The van der Waals surface area contributed by atoms with Gasteiger partial charge in [0.05, 0.1) is 26.6 Å². The van der Waals surface area contributed by atoms with Crippen LogP contribution in [0.4, 0.5) is 0 Å². The highest BCUT2D eigenvalue weighted by atomic mass is 35.5. The van der Waals surface area contributed by atoms with Gasteiger partial charge in [-0.25, -0.2) is 0 Å². The van der Waals surface area contributed by atoms with Gasteiger partial charge in [-0.2, -0.15) is 0 Å². The largest absolute Gasteiger partial charge is 0.546 e. The molecule has 2 aromatic rings. The fraction of sp³-hybridized carbons (Fsp3) is 0.500. The van der Waals surface area contributed by atoms with Gasteiger partial charge in [-0.05, 0) is 62.6 Å². The Morgan fingerprint density at radius 3 is 2.25 bits per heavy atom. The van der Waals surface area contributed by atoms with Gasteiger partial charge in [-0.15, -0.1) is 0 Å². The number of hydrogen-bond donors (Lipinski definition) is 0. The summed E-state index contributed by atoms with van der Waals surface area (Å²) in [6.45, 7) is 8.82. The normalized spacial score (nSPS) is 10.8. The molecule has 0 fully saturated rings. The number of carbonyl (C=O) groups is 1. The molecule has 0 unspecified atom stereocenters. The van der Waals surface area contributed by atoms with Crippen LogP contribution in [0.2, 0.25) is 5.02 Å². The lowest BCUT2D eigenvalue weighted by Gasteiger charge is -2.29. The molecule has 0 spiro atoms. The van der Waals surface area contributed by atoms with Gasteiger partial charge in [0.2, 0.25) is 0 Å². The molecule has 0 aliphatic heterocycles. The number of nitrogens with zero attached hydrogens (tertiary/aromatic N) is 1. The number of ether oxygens (including phenoxy) is 2. The van der Waals surface area contributed by atoms with Gasteiger partial charge in [-0.3, -0.25) is 0 Å². The molecule has 2 aromatic carbocycles. The maximum absolute atomic E-state index is 10.1. The molecule has 0 radical (unpaired) electrons. The van der Waals surface area contributed by atoms with Gasteiger partial charge < -0.3 is 23.9 Å². The Morgan fingerprint density at radius 2 is 1.66 bits per heavy atom. The van der Waals surface area contributed by atoms with E-state index >= 15 is 0 Å². The van der Waals surface area contributed by atoms with E-state index in [2.05, 4.69) is 52.2 Å². The van der Waals surface area contributed by atoms with Crippen LogP contribution in [0.25, 0.3) is 0 Å². The number of benzene rings is 2. The molecule has 2 rings (SSSR count). The second kappa shape index (κ2) is 14.8. The minimum Gasteiger partial charge on any atom is -0.546 e. The molecule has 178 valence electrons. The summed E-state index contributed by atoms with van der Waals surface area (Å²) < 4.78 is 11.8. The molecule has 0 saturated carbocycles. The van der Waals surface area contributed by atoms with Gasteiger partial charge in [0.25, 0.3) is 0 Å². The molecule has 32 heavy (non-hydrogen) atoms. The van der Waals surface area contributed by atoms with Crippen molar-refractivity contribution < 1.29 is 23.9 Å². The Labute approximate surface area is 198 Å². The number of unbranched alkanes of at least 4 members (excludes halogenated alkanes) is 3. The Bertz CT molecular complexity index is 806. The molecule has 0 aliphatic carbocycles. The van der Waals surface area contributed by atoms with Crippen LogP contribution in [0, 0.1) is 13.8 Å². The summed E-state index contributed by atoms with van der Waals surface area (Å²) >= 11 is 5.70. The van der Waals surface area contributed by atoms with E-state index in [1.165, 1.54) is 37.8 Å². The third-order valence-corrected chi connectivity index (χ3v) is 5.32. The van der Waals surface area contributed by atoms with Crippen molar-refractivity contribution in [2.75, 3.05) is 40.4 Å². The van der Waals surface area contributed by atoms with Gasteiger partial charge in [0.15, 0.2) is 0 Å². The zero-order chi connectivity index (χ0) is 24.0. The monoisotopic (exact) mass is 463 g/mol. The summed E-state index contributed by atoms with van der Waals surface area (Å²) in [5, 5.41) is 10.7. The minimum absolute atomic E-state index is 0.442. The van der Waals surface area contributed by atoms with Crippen molar-refractivity contribution in [1.29, 1.82) is 0 Å². The van der Waals surface area contributed by atoms with Crippen LogP contribution in [-0.2, 0) is 4.79 Å². The number of rotatable bonds is 12. The van der Waals surface area contributed by atoms with Crippen molar-refractivity contribution in [2.45, 2.75) is 46.5 Å². The SMILES string of the molecule is CCCCCC[N+](C)(C)CCOc1ccc(C)cc1.Cc1cc(Cl)ccc1OCC(=O)[O-]. The highest BCUT2D eigenvalue weighted by Gasteiger charge is 2.14. The zero-order valence-corrected chi connectivity index (χ0v) is 20.9. The highest BCUT2D eigenvalue weighted by Crippen LogP contribution is 2.21. The van der Waals surface area contributed by atoms with Crippen LogP contribution in [0.3, 0.4) is 0 Å². The summed E-state index contributed by atoms with van der Waals surface area (Å²) in [6.07, 6.45) is 5.35. The molecule has 5 nitrogen and oxygen atoms in total. The van der Waals surface area contributed by atoms with Crippen LogP contribution in [0.5, 0.6) is 11.5 Å². The van der Waals surface area contributed by atoms with Crippen LogP contribution in [-0.4, -0.2) is 50.9 Å². The smallest absolute Gasteiger partial charge is 0.137 e. The topological polar surface area (TPSA) is 58.6 Å². The number of halogens is 1. The van der Waals surface area contributed by atoms with Crippen LogP contribution >= 0.6 is 11.6 Å². The lowest BCUT2D eigenvalue weighted by Crippen LogP contribution is -2.43. The van der Waals surface area contributed by atoms with Gasteiger partial charge in [0, 0.05) is 5.02 Å².